The Hall–Kier alpha value is -1.26. The third kappa shape index (κ3) is 3.61. The highest BCUT2D eigenvalue weighted by atomic mass is 16.5. The molecular formula is C15H24N2O2. The van der Waals surface area contributed by atoms with E-state index >= 15 is 0 Å². The first-order chi connectivity index (χ1) is 9.22. The Kier molecular flexibility index (Phi) is 5.05. The van der Waals surface area contributed by atoms with Gasteiger partial charge in [0, 0.05) is 25.3 Å². The average molecular weight is 264 g/mol. The summed E-state index contributed by atoms with van der Waals surface area (Å²) >= 11 is 0. The number of nitrogens with one attached hydrogen (secondary N) is 2. The summed E-state index contributed by atoms with van der Waals surface area (Å²) in [5, 5.41) is 6.84. The van der Waals surface area contributed by atoms with E-state index in [1.807, 2.05) is 6.07 Å². The van der Waals surface area contributed by atoms with Crippen molar-refractivity contribution >= 4 is 5.69 Å². The number of morpholine rings is 1. The van der Waals surface area contributed by atoms with Crippen LogP contribution in [0.5, 0.6) is 5.75 Å². The Bertz CT molecular complexity index is 415. The monoisotopic (exact) mass is 264 g/mol. The van der Waals surface area contributed by atoms with Crippen molar-refractivity contribution in [1.29, 1.82) is 0 Å². The maximum Gasteiger partial charge on any atom is 0.122 e. The first kappa shape index (κ1) is 14.2. The van der Waals surface area contributed by atoms with E-state index in [4.69, 9.17) is 9.47 Å². The molecule has 1 atom stereocenters. The first-order valence-corrected chi connectivity index (χ1v) is 6.92. The zero-order valence-corrected chi connectivity index (χ0v) is 12.1. The minimum atomic E-state index is 0.334. The van der Waals surface area contributed by atoms with Crippen molar-refractivity contribution < 1.29 is 9.47 Å². The molecule has 4 nitrogen and oxygen atoms in total. The molecule has 0 saturated carbocycles. The van der Waals surface area contributed by atoms with E-state index in [1.165, 1.54) is 16.8 Å². The summed E-state index contributed by atoms with van der Waals surface area (Å²) in [5.74, 6) is 0.947. The molecule has 1 heterocycles. The number of ether oxygens (including phenoxy) is 2. The summed E-state index contributed by atoms with van der Waals surface area (Å²) in [5.41, 5.74) is 3.63. The van der Waals surface area contributed by atoms with Gasteiger partial charge in [-0.05, 0) is 43.5 Å². The largest absolute Gasteiger partial charge is 0.496 e. The molecule has 1 aliphatic rings. The number of hydrogen-bond donors (Lipinski definition) is 2. The van der Waals surface area contributed by atoms with Crippen molar-refractivity contribution in [3.63, 3.8) is 0 Å². The molecule has 0 bridgehead atoms. The van der Waals surface area contributed by atoms with Gasteiger partial charge in [0.1, 0.15) is 5.75 Å². The minimum absolute atomic E-state index is 0.334. The Balaban J connectivity index is 1.87. The van der Waals surface area contributed by atoms with Crippen LogP contribution in [0.3, 0.4) is 0 Å². The van der Waals surface area contributed by atoms with Crippen molar-refractivity contribution in [3.8, 4) is 5.75 Å². The van der Waals surface area contributed by atoms with Gasteiger partial charge in [0.05, 0.1) is 19.8 Å². The third-order valence-corrected chi connectivity index (χ3v) is 3.74. The molecule has 1 aromatic carbocycles. The van der Waals surface area contributed by atoms with Crippen molar-refractivity contribution in [2.75, 3.05) is 38.7 Å². The van der Waals surface area contributed by atoms with Crippen LogP contribution in [0.4, 0.5) is 5.69 Å². The SMILES string of the molecule is COc1ccc(NCCC2CNCCO2)c(C)c1C. The van der Waals surface area contributed by atoms with Crippen molar-refractivity contribution in [2.24, 2.45) is 0 Å². The molecule has 2 N–H and O–H groups in total. The standard InChI is InChI=1S/C15H24N2O2/c1-11-12(2)15(18-3)5-4-14(11)17-7-6-13-10-16-8-9-19-13/h4-5,13,16-17H,6-10H2,1-3H3. The fraction of sp³-hybridized carbons (Fsp3) is 0.600. The minimum Gasteiger partial charge on any atom is -0.496 e. The molecule has 0 spiro atoms. The van der Waals surface area contributed by atoms with Crippen LogP contribution in [0.25, 0.3) is 0 Å². The van der Waals surface area contributed by atoms with Crippen LogP contribution in [0.2, 0.25) is 0 Å². The van der Waals surface area contributed by atoms with Crippen molar-refractivity contribution in [1.82, 2.24) is 5.32 Å². The average Bonchev–Trinajstić information content (AvgIpc) is 2.45. The molecule has 1 aromatic rings. The molecule has 2 rings (SSSR count). The highest BCUT2D eigenvalue weighted by Crippen LogP contribution is 2.27. The van der Waals surface area contributed by atoms with E-state index in [1.54, 1.807) is 7.11 Å². The van der Waals surface area contributed by atoms with Crippen LogP contribution in [0.1, 0.15) is 17.5 Å². The molecule has 0 aliphatic carbocycles. The highest BCUT2D eigenvalue weighted by molar-refractivity contribution is 5.58. The summed E-state index contributed by atoms with van der Waals surface area (Å²) < 4.78 is 11.0. The lowest BCUT2D eigenvalue weighted by Crippen LogP contribution is -2.39. The highest BCUT2D eigenvalue weighted by Gasteiger charge is 2.13. The van der Waals surface area contributed by atoms with Gasteiger partial charge >= 0.3 is 0 Å². The van der Waals surface area contributed by atoms with Crippen LogP contribution in [0, 0.1) is 13.8 Å². The lowest BCUT2D eigenvalue weighted by molar-refractivity contribution is 0.0258. The Morgan fingerprint density at radius 3 is 2.89 bits per heavy atom. The smallest absolute Gasteiger partial charge is 0.122 e. The maximum atomic E-state index is 5.68. The summed E-state index contributed by atoms with van der Waals surface area (Å²) in [7, 11) is 1.71. The quantitative estimate of drug-likeness (QED) is 0.854. The predicted octanol–water partition coefficient (Wildman–Crippen LogP) is 2.10. The van der Waals surface area contributed by atoms with Gasteiger partial charge in [-0.25, -0.2) is 0 Å². The van der Waals surface area contributed by atoms with Gasteiger partial charge in [-0.1, -0.05) is 0 Å². The van der Waals surface area contributed by atoms with Crippen molar-refractivity contribution in [2.45, 2.75) is 26.4 Å². The fourth-order valence-electron chi connectivity index (χ4n) is 2.38. The van der Waals surface area contributed by atoms with E-state index in [-0.39, 0.29) is 0 Å². The van der Waals surface area contributed by atoms with Crippen LogP contribution in [-0.2, 0) is 4.74 Å². The molecule has 106 valence electrons. The summed E-state index contributed by atoms with van der Waals surface area (Å²) in [6.07, 6.45) is 1.36. The molecule has 1 aliphatic heterocycles. The van der Waals surface area contributed by atoms with E-state index in [9.17, 15) is 0 Å². The van der Waals surface area contributed by atoms with E-state index in [2.05, 4.69) is 30.5 Å². The molecule has 1 unspecified atom stereocenters. The summed E-state index contributed by atoms with van der Waals surface area (Å²) in [4.78, 5) is 0. The second-order valence-corrected chi connectivity index (χ2v) is 4.98. The lowest BCUT2D eigenvalue weighted by atomic mass is 10.1. The molecule has 19 heavy (non-hydrogen) atoms. The molecular weight excluding hydrogens is 240 g/mol. The Morgan fingerprint density at radius 1 is 1.37 bits per heavy atom. The number of methoxy groups -OCH3 is 1. The fourth-order valence-corrected chi connectivity index (χ4v) is 2.38. The number of hydrogen-bond acceptors (Lipinski definition) is 4. The molecule has 0 aromatic heterocycles. The van der Waals surface area contributed by atoms with Gasteiger partial charge in [0.2, 0.25) is 0 Å². The second-order valence-electron chi connectivity index (χ2n) is 4.98. The zero-order chi connectivity index (χ0) is 13.7. The Morgan fingerprint density at radius 2 is 2.21 bits per heavy atom. The maximum absolute atomic E-state index is 5.68. The van der Waals surface area contributed by atoms with Gasteiger partial charge < -0.3 is 20.1 Å². The normalized spacial score (nSPS) is 19.2. The summed E-state index contributed by atoms with van der Waals surface area (Å²) in [6.45, 7) is 7.90. The zero-order valence-electron chi connectivity index (χ0n) is 12.1. The number of benzene rings is 1. The molecule has 0 amide bonds. The van der Waals surface area contributed by atoms with Crippen LogP contribution >= 0.6 is 0 Å². The van der Waals surface area contributed by atoms with Crippen LogP contribution < -0.4 is 15.4 Å². The van der Waals surface area contributed by atoms with Crippen molar-refractivity contribution in [3.05, 3.63) is 23.3 Å². The molecule has 0 radical (unpaired) electrons. The Labute approximate surface area is 115 Å². The predicted molar refractivity (Wildman–Crippen MR) is 78.2 cm³/mol. The lowest BCUT2D eigenvalue weighted by Gasteiger charge is -2.24. The second kappa shape index (κ2) is 6.78. The molecule has 1 fully saturated rings. The van der Waals surface area contributed by atoms with Crippen LogP contribution in [-0.4, -0.2) is 39.5 Å². The summed E-state index contributed by atoms with van der Waals surface area (Å²) in [6, 6.07) is 4.10. The van der Waals surface area contributed by atoms with Gasteiger partial charge in [0.25, 0.3) is 0 Å². The van der Waals surface area contributed by atoms with Gasteiger partial charge in [0.15, 0.2) is 0 Å². The van der Waals surface area contributed by atoms with Gasteiger partial charge in [-0.15, -0.1) is 0 Å². The first-order valence-electron chi connectivity index (χ1n) is 6.92. The molecule has 4 heteroatoms. The third-order valence-electron chi connectivity index (χ3n) is 3.74. The van der Waals surface area contributed by atoms with Gasteiger partial charge in [-0.2, -0.15) is 0 Å². The van der Waals surface area contributed by atoms with E-state index in [0.29, 0.717) is 6.10 Å². The number of rotatable bonds is 5. The number of anilines is 1. The van der Waals surface area contributed by atoms with E-state index in [0.717, 1.165) is 38.4 Å². The van der Waals surface area contributed by atoms with Crippen LogP contribution in [0.15, 0.2) is 12.1 Å². The topological polar surface area (TPSA) is 42.5 Å². The van der Waals surface area contributed by atoms with E-state index < -0.39 is 0 Å². The molecule has 1 saturated heterocycles. The van der Waals surface area contributed by atoms with Gasteiger partial charge in [-0.3, -0.25) is 0 Å².